The van der Waals surface area contributed by atoms with Gasteiger partial charge in [-0.05, 0) is 64.8 Å². The quantitative estimate of drug-likeness (QED) is 0.271. The second-order valence-corrected chi connectivity index (χ2v) is 10.7. The fraction of sp³-hybridized carbons (Fsp3) is 0.229. The first-order valence-electron chi connectivity index (χ1n) is 13.9. The minimum atomic E-state index is 0.321. The third-order valence-electron chi connectivity index (χ3n) is 8.53. The molecule has 1 aromatic heterocycles. The summed E-state index contributed by atoms with van der Waals surface area (Å²) in [5.74, 6) is 0. The summed E-state index contributed by atoms with van der Waals surface area (Å²) >= 11 is 0. The number of aromatic nitrogens is 1. The van der Waals surface area contributed by atoms with Gasteiger partial charge in [0.1, 0.15) is 0 Å². The van der Waals surface area contributed by atoms with E-state index in [1.54, 1.807) is 0 Å². The van der Waals surface area contributed by atoms with Crippen LogP contribution in [0.5, 0.6) is 0 Å². The Morgan fingerprint density at radius 3 is 2.21 bits per heavy atom. The van der Waals surface area contributed by atoms with Crippen LogP contribution in [0.4, 0.5) is 0 Å². The molecule has 2 atom stereocenters. The van der Waals surface area contributed by atoms with Crippen LogP contribution in [0.1, 0.15) is 41.1 Å². The number of hydrogen-bond acceptors (Lipinski definition) is 3. The molecule has 1 N–H and O–H groups in total. The second-order valence-electron chi connectivity index (χ2n) is 10.7. The first-order chi connectivity index (χ1) is 18.8. The Labute approximate surface area is 225 Å². The van der Waals surface area contributed by atoms with E-state index < -0.39 is 0 Å². The lowest BCUT2D eigenvalue weighted by Crippen LogP contribution is -2.50. The lowest BCUT2D eigenvalue weighted by atomic mass is 9.88. The van der Waals surface area contributed by atoms with Crippen molar-refractivity contribution >= 4 is 10.9 Å². The van der Waals surface area contributed by atoms with Crippen LogP contribution in [-0.2, 0) is 13.0 Å². The Hall–Kier alpha value is -3.79. The number of benzene rings is 4. The van der Waals surface area contributed by atoms with Gasteiger partial charge in [-0.2, -0.15) is 0 Å². The van der Waals surface area contributed by atoms with Gasteiger partial charge in [-0.15, -0.1) is 0 Å². The highest BCUT2D eigenvalue weighted by Gasteiger charge is 2.39. The van der Waals surface area contributed by atoms with Gasteiger partial charge >= 0.3 is 0 Å². The number of fused-ring (bicyclic) bond motifs is 4. The molecule has 1 fully saturated rings. The Bertz CT molecular complexity index is 1510. The first kappa shape index (κ1) is 23.3. The van der Waals surface area contributed by atoms with Gasteiger partial charge < -0.3 is 5.32 Å². The van der Waals surface area contributed by atoms with Crippen LogP contribution in [0.2, 0.25) is 0 Å². The highest BCUT2D eigenvalue weighted by molar-refractivity contribution is 5.81. The van der Waals surface area contributed by atoms with Crippen LogP contribution in [0.3, 0.4) is 0 Å². The van der Waals surface area contributed by atoms with Gasteiger partial charge in [0.2, 0.25) is 0 Å². The molecule has 0 bridgehead atoms. The highest BCUT2D eigenvalue weighted by atomic mass is 15.2. The van der Waals surface area contributed by atoms with E-state index in [1.807, 2.05) is 6.20 Å². The number of likely N-dealkylation sites (tertiary alicyclic amines) is 1. The summed E-state index contributed by atoms with van der Waals surface area (Å²) in [5, 5.41) is 5.19. The zero-order valence-corrected chi connectivity index (χ0v) is 21.6. The average Bonchev–Trinajstić information content (AvgIpc) is 3.31. The lowest BCUT2D eigenvalue weighted by molar-refractivity contribution is 0.0947. The Morgan fingerprint density at radius 2 is 1.42 bits per heavy atom. The molecule has 0 amide bonds. The van der Waals surface area contributed by atoms with Crippen molar-refractivity contribution in [2.45, 2.75) is 43.9 Å². The third-order valence-corrected chi connectivity index (χ3v) is 8.53. The van der Waals surface area contributed by atoms with E-state index in [9.17, 15) is 0 Å². The Balaban J connectivity index is 1.17. The summed E-state index contributed by atoms with van der Waals surface area (Å²) in [5.41, 5.74) is 9.54. The average molecular weight is 496 g/mol. The minimum Gasteiger partial charge on any atom is -0.310 e. The highest BCUT2D eigenvalue weighted by Crippen LogP contribution is 2.48. The number of piperidine rings is 1. The summed E-state index contributed by atoms with van der Waals surface area (Å²) in [6.07, 6.45) is 5.29. The van der Waals surface area contributed by atoms with Crippen molar-refractivity contribution in [2.75, 3.05) is 6.54 Å². The molecule has 2 heterocycles. The fourth-order valence-electron chi connectivity index (χ4n) is 6.73. The molecule has 2 unspecified atom stereocenters. The Morgan fingerprint density at radius 1 is 0.737 bits per heavy atom. The van der Waals surface area contributed by atoms with E-state index in [-0.39, 0.29) is 0 Å². The molecule has 2 aliphatic rings. The normalized spacial score (nSPS) is 19.4. The SMILES string of the molecule is c1ccc(CC2CC(NCc3ccnc4ccccc34)CCN2C2c3ccccc3-c3ccccc32)cc1. The predicted molar refractivity (Wildman–Crippen MR) is 156 cm³/mol. The smallest absolute Gasteiger partial charge is 0.0705 e. The summed E-state index contributed by atoms with van der Waals surface area (Å²) in [6.45, 7) is 1.96. The van der Waals surface area contributed by atoms with Crippen molar-refractivity contribution in [3.05, 3.63) is 138 Å². The van der Waals surface area contributed by atoms with E-state index in [4.69, 9.17) is 0 Å². The van der Waals surface area contributed by atoms with Gasteiger partial charge in [-0.1, -0.05) is 97.1 Å². The number of nitrogens with zero attached hydrogens (tertiary/aromatic N) is 2. The topological polar surface area (TPSA) is 28.2 Å². The summed E-state index contributed by atoms with van der Waals surface area (Å²) in [7, 11) is 0. The second kappa shape index (κ2) is 10.2. The number of nitrogens with one attached hydrogen (secondary N) is 1. The van der Waals surface area contributed by atoms with Crippen molar-refractivity contribution in [2.24, 2.45) is 0 Å². The van der Waals surface area contributed by atoms with Crippen LogP contribution < -0.4 is 5.32 Å². The standard InChI is InChI=1S/C35H33N3/c1-2-10-25(11-3-1)22-28-23-27(37-24-26-18-20-36-34-17-9-8-12-29(26)34)19-21-38(28)35-32-15-6-4-13-30(32)31-14-5-7-16-33(31)35/h1-18,20,27-28,35,37H,19,21-24H2. The van der Waals surface area contributed by atoms with Crippen molar-refractivity contribution < 1.29 is 0 Å². The molecule has 1 saturated heterocycles. The molecule has 3 nitrogen and oxygen atoms in total. The number of pyridine rings is 1. The third kappa shape index (κ3) is 4.32. The van der Waals surface area contributed by atoms with E-state index in [2.05, 4.69) is 124 Å². The molecule has 188 valence electrons. The Kier molecular flexibility index (Phi) is 6.24. The van der Waals surface area contributed by atoms with E-state index in [0.717, 1.165) is 37.9 Å². The zero-order chi connectivity index (χ0) is 25.3. The monoisotopic (exact) mass is 495 g/mol. The molecular formula is C35H33N3. The van der Waals surface area contributed by atoms with Crippen molar-refractivity contribution in [1.82, 2.24) is 15.2 Å². The molecule has 0 saturated carbocycles. The largest absolute Gasteiger partial charge is 0.310 e. The number of rotatable bonds is 6. The van der Waals surface area contributed by atoms with Gasteiger partial charge in [0, 0.05) is 36.8 Å². The molecule has 5 aromatic rings. The maximum atomic E-state index is 4.55. The van der Waals surface area contributed by atoms with Crippen LogP contribution >= 0.6 is 0 Å². The first-order valence-corrected chi connectivity index (χ1v) is 13.9. The molecule has 3 heteroatoms. The molecular weight excluding hydrogens is 462 g/mol. The summed E-state index contributed by atoms with van der Waals surface area (Å²) < 4.78 is 0. The molecule has 1 aliphatic heterocycles. The molecule has 0 radical (unpaired) electrons. The zero-order valence-electron chi connectivity index (χ0n) is 21.6. The molecule has 1 aliphatic carbocycles. The van der Waals surface area contributed by atoms with Crippen molar-refractivity contribution in [1.29, 1.82) is 0 Å². The van der Waals surface area contributed by atoms with Crippen LogP contribution in [0, 0.1) is 0 Å². The fourth-order valence-corrected chi connectivity index (χ4v) is 6.73. The van der Waals surface area contributed by atoms with E-state index in [1.165, 1.54) is 38.8 Å². The molecule has 0 spiro atoms. The summed E-state index contributed by atoms with van der Waals surface area (Å²) in [4.78, 5) is 7.36. The van der Waals surface area contributed by atoms with Crippen molar-refractivity contribution in [3.63, 3.8) is 0 Å². The maximum Gasteiger partial charge on any atom is 0.0705 e. The van der Waals surface area contributed by atoms with Gasteiger partial charge in [-0.25, -0.2) is 0 Å². The van der Waals surface area contributed by atoms with Crippen molar-refractivity contribution in [3.8, 4) is 11.1 Å². The van der Waals surface area contributed by atoms with Crippen LogP contribution in [-0.4, -0.2) is 28.5 Å². The lowest BCUT2D eigenvalue weighted by Gasteiger charge is -2.44. The number of para-hydroxylation sites is 1. The van der Waals surface area contributed by atoms with E-state index in [0.29, 0.717) is 18.1 Å². The van der Waals surface area contributed by atoms with Gasteiger partial charge in [0.25, 0.3) is 0 Å². The molecule has 38 heavy (non-hydrogen) atoms. The minimum absolute atomic E-state index is 0.321. The number of hydrogen-bond donors (Lipinski definition) is 1. The van der Waals surface area contributed by atoms with Crippen LogP contribution in [0.25, 0.3) is 22.0 Å². The summed E-state index contributed by atoms with van der Waals surface area (Å²) in [6, 6.07) is 41.0. The van der Waals surface area contributed by atoms with Gasteiger partial charge in [-0.3, -0.25) is 9.88 Å². The predicted octanol–water partition coefficient (Wildman–Crippen LogP) is 7.17. The molecule has 7 rings (SSSR count). The van der Waals surface area contributed by atoms with E-state index >= 15 is 0 Å². The maximum absolute atomic E-state index is 4.55. The van der Waals surface area contributed by atoms with Gasteiger partial charge in [0.15, 0.2) is 0 Å². The van der Waals surface area contributed by atoms with Gasteiger partial charge in [0.05, 0.1) is 11.6 Å². The molecule has 4 aromatic carbocycles. The van der Waals surface area contributed by atoms with Crippen LogP contribution in [0.15, 0.2) is 115 Å².